The summed E-state index contributed by atoms with van der Waals surface area (Å²) in [5.41, 5.74) is -0.457. The van der Waals surface area contributed by atoms with E-state index in [1.165, 1.54) is 0 Å². The SMILES string of the molecule is C[C@H]1CC(=O)CC[C@@H]1OC(=O)C(C)(C)C. The van der Waals surface area contributed by atoms with Crippen molar-refractivity contribution in [2.75, 3.05) is 0 Å². The highest BCUT2D eigenvalue weighted by molar-refractivity contribution is 5.80. The van der Waals surface area contributed by atoms with Crippen molar-refractivity contribution < 1.29 is 14.3 Å². The molecule has 1 aliphatic rings. The number of ketones is 1. The van der Waals surface area contributed by atoms with E-state index in [2.05, 4.69) is 0 Å². The summed E-state index contributed by atoms with van der Waals surface area (Å²) in [7, 11) is 0. The Bertz CT molecular complexity index is 263. The van der Waals surface area contributed by atoms with Gasteiger partial charge < -0.3 is 4.74 Å². The van der Waals surface area contributed by atoms with Gasteiger partial charge in [0.25, 0.3) is 0 Å². The molecule has 0 amide bonds. The third-order valence-electron chi connectivity index (χ3n) is 2.76. The normalized spacial score (nSPS) is 27.6. The lowest BCUT2D eigenvalue weighted by Crippen LogP contribution is -2.35. The number of hydrogen-bond donors (Lipinski definition) is 0. The van der Waals surface area contributed by atoms with Gasteiger partial charge in [-0.3, -0.25) is 9.59 Å². The molecule has 1 rings (SSSR count). The van der Waals surface area contributed by atoms with Crippen molar-refractivity contribution in [3.05, 3.63) is 0 Å². The number of Topliss-reactive ketones (excluding diaryl/α,β-unsaturated/α-hetero) is 1. The van der Waals surface area contributed by atoms with E-state index in [9.17, 15) is 9.59 Å². The van der Waals surface area contributed by atoms with Crippen LogP contribution in [0.25, 0.3) is 0 Å². The Hall–Kier alpha value is -0.860. The summed E-state index contributed by atoms with van der Waals surface area (Å²) in [6, 6.07) is 0. The van der Waals surface area contributed by atoms with Crippen LogP contribution in [-0.4, -0.2) is 17.9 Å². The van der Waals surface area contributed by atoms with Crippen LogP contribution in [-0.2, 0) is 14.3 Å². The maximum absolute atomic E-state index is 11.7. The van der Waals surface area contributed by atoms with Gasteiger partial charge in [0.2, 0.25) is 0 Å². The van der Waals surface area contributed by atoms with Gasteiger partial charge in [-0.25, -0.2) is 0 Å². The van der Waals surface area contributed by atoms with Crippen molar-refractivity contribution in [3.8, 4) is 0 Å². The van der Waals surface area contributed by atoms with Gasteiger partial charge in [-0.1, -0.05) is 6.92 Å². The Balaban J connectivity index is 2.52. The summed E-state index contributed by atoms with van der Waals surface area (Å²) in [4.78, 5) is 22.8. The maximum atomic E-state index is 11.7. The zero-order valence-electron chi connectivity index (χ0n) is 10.0. The maximum Gasteiger partial charge on any atom is 0.311 e. The minimum atomic E-state index is -0.457. The number of carbonyl (C=O) groups is 2. The Labute approximate surface area is 91.2 Å². The fourth-order valence-corrected chi connectivity index (χ4v) is 1.67. The molecule has 0 heterocycles. The Morgan fingerprint density at radius 1 is 1.40 bits per heavy atom. The van der Waals surface area contributed by atoms with Gasteiger partial charge in [-0.05, 0) is 33.1 Å². The highest BCUT2D eigenvalue weighted by Crippen LogP contribution is 2.27. The molecule has 0 aromatic carbocycles. The molecule has 1 fully saturated rings. The number of carbonyl (C=O) groups excluding carboxylic acids is 2. The first-order chi connectivity index (χ1) is 6.80. The van der Waals surface area contributed by atoms with E-state index in [1.54, 1.807) is 0 Å². The van der Waals surface area contributed by atoms with Crippen LogP contribution in [0.2, 0.25) is 0 Å². The summed E-state index contributed by atoms with van der Waals surface area (Å²) in [5.74, 6) is 0.275. The largest absolute Gasteiger partial charge is 0.462 e. The predicted octanol–water partition coefficient (Wildman–Crippen LogP) is 2.33. The predicted molar refractivity (Wildman–Crippen MR) is 57.4 cm³/mol. The van der Waals surface area contributed by atoms with E-state index in [4.69, 9.17) is 4.74 Å². The van der Waals surface area contributed by atoms with Crippen molar-refractivity contribution in [2.24, 2.45) is 11.3 Å². The molecule has 1 saturated carbocycles. The molecule has 0 radical (unpaired) electrons. The molecule has 86 valence electrons. The Kier molecular flexibility index (Phi) is 3.53. The molecule has 0 spiro atoms. The monoisotopic (exact) mass is 212 g/mol. The van der Waals surface area contributed by atoms with Crippen molar-refractivity contribution >= 4 is 11.8 Å². The summed E-state index contributed by atoms with van der Waals surface area (Å²) < 4.78 is 5.43. The highest BCUT2D eigenvalue weighted by atomic mass is 16.5. The van der Waals surface area contributed by atoms with E-state index in [1.807, 2.05) is 27.7 Å². The van der Waals surface area contributed by atoms with E-state index in [-0.39, 0.29) is 23.8 Å². The zero-order valence-corrected chi connectivity index (χ0v) is 10.0. The van der Waals surface area contributed by atoms with Gasteiger partial charge in [0.1, 0.15) is 11.9 Å². The number of esters is 1. The molecule has 0 unspecified atom stereocenters. The van der Waals surface area contributed by atoms with Crippen molar-refractivity contribution in [1.29, 1.82) is 0 Å². The first-order valence-electron chi connectivity index (χ1n) is 5.53. The van der Waals surface area contributed by atoms with Crippen molar-refractivity contribution in [1.82, 2.24) is 0 Å². The number of ether oxygens (including phenoxy) is 1. The van der Waals surface area contributed by atoms with Crippen LogP contribution in [0.1, 0.15) is 47.0 Å². The van der Waals surface area contributed by atoms with Crippen molar-refractivity contribution in [3.63, 3.8) is 0 Å². The molecule has 2 atom stereocenters. The lowest BCUT2D eigenvalue weighted by Gasteiger charge is -2.30. The molecule has 15 heavy (non-hydrogen) atoms. The molecule has 0 bridgehead atoms. The van der Waals surface area contributed by atoms with Crippen LogP contribution in [0.5, 0.6) is 0 Å². The molecular weight excluding hydrogens is 192 g/mol. The van der Waals surface area contributed by atoms with Crippen LogP contribution < -0.4 is 0 Å². The fourth-order valence-electron chi connectivity index (χ4n) is 1.67. The average Bonchev–Trinajstić information content (AvgIpc) is 2.08. The molecule has 3 heteroatoms. The van der Waals surface area contributed by atoms with E-state index >= 15 is 0 Å². The quantitative estimate of drug-likeness (QED) is 0.626. The van der Waals surface area contributed by atoms with E-state index < -0.39 is 5.41 Å². The first kappa shape index (κ1) is 12.2. The summed E-state index contributed by atoms with van der Waals surface area (Å²) >= 11 is 0. The first-order valence-corrected chi connectivity index (χ1v) is 5.53. The van der Waals surface area contributed by atoms with Crippen LogP contribution >= 0.6 is 0 Å². The average molecular weight is 212 g/mol. The van der Waals surface area contributed by atoms with Gasteiger partial charge in [-0.15, -0.1) is 0 Å². The smallest absolute Gasteiger partial charge is 0.311 e. The fraction of sp³-hybridized carbons (Fsp3) is 0.833. The standard InChI is InChI=1S/C12H20O3/c1-8-7-9(13)5-6-10(8)15-11(14)12(2,3)4/h8,10H,5-7H2,1-4H3/t8-,10-/m0/s1. The second-order valence-corrected chi connectivity index (χ2v) is 5.45. The number of rotatable bonds is 1. The topological polar surface area (TPSA) is 43.4 Å². The second-order valence-electron chi connectivity index (χ2n) is 5.45. The van der Waals surface area contributed by atoms with Gasteiger partial charge in [0.15, 0.2) is 0 Å². The number of hydrogen-bond acceptors (Lipinski definition) is 3. The van der Waals surface area contributed by atoms with Gasteiger partial charge >= 0.3 is 5.97 Å². The summed E-state index contributed by atoms with van der Waals surface area (Å²) in [6.45, 7) is 7.49. The zero-order chi connectivity index (χ0) is 11.6. The minimum Gasteiger partial charge on any atom is -0.462 e. The third kappa shape index (κ3) is 3.33. The minimum absolute atomic E-state index is 0.0746. The molecule has 0 N–H and O–H groups in total. The highest BCUT2D eigenvalue weighted by Gasteiger charge is 2.32. The van der Waals surface area contributed by atoms with Crippen molar-refractivity contribution in [2.45, 2.75) is 53.1 Å². The van der Waals surface area contributed by atoms with Gasteiger partial charge in [0, 0.05) is 12.8 Å². The van der Waals surface area contributed by atoms with Gasteiger partial charge in [-0.2, -0.15) is 0 Å². The van der Waals surface area contributed by atoms with Crippen LogP contribution in [0, 0.1) is 11.3 Å². The van der Waals surface area contributed by atoms with Crippen LogP contribution in [0.3, 0.4) is 0 Å². The van der Waals surface area contributed by atoms with E-state index in [0.717, 1.165) is 0 Å². The molecule has 0 aromatic rings. The lowest BCUT2D eigenvalue weighted by molar-refractivity contribution is -0.164. The molecule has 0 saturated heterocycles. The molecule has 0 aromatic heterocycles. The Morgan fingerprint density at radius 3 is 2.47 bits per heavy atom. The summed E-state index contributed by atoms with van der Waals surface area (Å²) in [6.07, 6.45) is 1.70. The van der Waals surface area contributed by atoms with Crippen LogP contribution in [0.15, 0.2) is 0 Å². The molecule has 3 nitrogen and oxygen atoms in total. The van der Waals surface area contributed by atoms with Crippen LogP contribution in [0.4, 0.5) is 0 Å². The third-order valence-corrected chi connectivity index (χ3v) is 2.76. The Morgan fingerprint density at radius 2 is 2.00 bits per heavy atom. The lowest BCUT2D eigenvalue weighted by atomic mass is 9.86. The molecular formula is C12H20O3. The molecule has 1 aliphatic carbocycles. The van der Waals surface area contributed by atoms with Gasteiger partial charge in [0.05, 0.1) is 5.41 Å². The molecule has 0 aliphatic heterocycles. The summed E-state index contributed by atoms with van der Waals surface area (Å²) in [5, 5.41) is 0. The second kappa shape index (κ2) is 4.33. The van der Waals surface area contributed by atoms with E-state index in [0.29, 0.717) is 19.3 Å².